The van der Waals surface area contributed by atoms with E-state index in [2.05, 4.69) is 15.9 Å². The second-order valence-corrected chi connectivity index (χ2v) is 2.00. The van der Waals surface area contributed by atoms with Crippen LogP contribution in [-0.4, -0.2) is 23.8 Å². The van der Waals surface area contributed by atoms with Crippen LogP contribution >= 0.6 is 15.9 Å². The summed E-state index contributed by atoms with van der Waals surface area (Å²) in [7, 11) is 1.75. The van der Waals surface area contributed by atoms with Crippen molar-refractivity contribution in [2.75, 3.05) is 18.9 Å². The molecule has 0 unspecified atom stereocenters. The fourth-order valence-electron chi connectivity index (χ4n) is 0.177. The first-order chi connectivity index (χ1) is 3.31. The number of hydrogen-bond acceptors (Lipinski definition) is 2. The molecule has 0 atom stereocenters. The minimum absolute atomic E-state index is 0.788. The van der Waals surface area contributed by atoms with Crippen LogP contribution in [0.5, 0.6) is 0 Å². The monoisotopic (exact) mass is 162 g/mol. The molecule has 0 aliphatic carbocycles. The topological polar surface area (TPSA) is 27.0 Å². The second-order valence-electron chi connectivity index (χ2n) is 1.21. The van der Waals surface area contributed by atoms with E-state index in [-0.39, 0.29) is 0 Å². The molecule has 0 bridgehead atoms. The summed E-state index contributed by atoms with van der Waals surface area (Å²) in [5, 5.41) is 8.98. The van der Waals surface area contributed by atoms with Crippen LogP contribution in [0.25, 0.3) is 0 Å². The molecular weight excluding hydrogens is 156 g/mol. The fraction of sp³-hybridized carbons (Fsp3) is 0.750. The minimum atomic E-state index is 0.788. The molecule has 0 aromatic rings. The number of rotatable bonds is 2. The van der Waals surface area contributed by atoms with Crippen LogP contribution in [0.1, 0.15) is 0 Å². The Morgan fingerprint density at radius 3 is 2.57 bits per heavy atom. The highest BCUT2D eigenvalue weighted by Crippen LogP contribution is 1.81. The molecule has 0 saturated carbocycles. The molecule has 0 aromatic carbocycles. The number of halogens is 1. The molecule has 2 nitrogen and oxygen atoms in total. The van der Waals surface area contributed by atoms with E-state index in [0.717, 1.165) is 11.9 Å². The Hall–Kier alpha value is -0.230. The van der Waals surface area contributed by atoms with Crippen molar-refractivity contribution >= 4 is 15.9 Å². The first kappa shape index (κ1) is 6.77. The van der Waals surface area contributed by atoms with Gasteiger partial charge < -0.3 is 4.90 Å². The molecule has 0 aliphatic heterocycles. The lowest BCUT2D eigenvalue weighted by molar-refractivity contribution is 0.509. The zero-order chi connectivity index (χ0) is 5.70. The molecule has 0 rings (SSSR count). The van der Waals surface area contributed by atoms with Crippen LogP contribution in [-0.2, 0) is 0 Å². The van der Waals surface area contributed by atoms with Crippen LogP contribution in [0, 0.1) is 11.5 Å². The summed E-state index contributed by atoms with van der Waals surface area (Å²) in [4.78, 5) is 1.56. The van der Waals surface area contributed by atoms with Gasteiger partial charge in [0.1, 0.15) is 0 Å². The Kier molecular flexibility index (Phi) is 3.81. The summed E-state index contributed by atoms with van der Waals surface area (Å²) in [6.07, 6.45) is 1.97. The average molecular weight is 163 g/mol. The van der Waals surface area contributed by atoms with Crippen molar-refractivity contribution in [1.82, 2.24) is 4.90 Å². The van der Waals surface area contributed by atoms with Gasteiger partial charge in [-0.3, -0.25) is 0 Å². The molecule has 7 heavy (non-hydrogen) atoms. The maximum Gasteiger partial charge on any atom is 0.179 e. The molecule has 0 saturated heterocycles. The Balaban J connectivity index is 3.04. The molecule has 0 amide bonds. The van der Waals surface area contributed by atoms with Gasteiger partial charge in [-0.1, -0.05) is 15.9 Å². The molecule has 0 radical (unpaired) electrons. The highest BCUT2D eigenvalue weighted by atomic mass is 79.9. The summed E-state index contributed by atoms with van der Waals surface area (Å²) in [6, 6.07) is 0. The number of nitriles is 1. The first-order valence-electron chi connectivity index (χ1n) is 1.98. The van der Waals surface area contributed by atoms with Gasteiger partial charge in [-0.25, -0.2) is 0 Å². The van der Waals surface area contributed by atoms with Crippen LogP contribution < -0.4 is 0 Å². The van der Waals surface area contributed by atoms with E-state index in [0.29, 0.717) is 0 Å². The van der Waals surface area contributed by atoms with E-state index < -0.39 is 0 Å². The van der Waals surface area contributed by atoms with Crippen molar-refractivity contribution < 1.29 is 0 Å². The second kappa shape index (κ2) is 3.94. The number of nitrogens with zero attached hydrogens (tertiary/aromatic N) is 2. The Morgan fingerprint density at radius 1 is 1.86 bits per heavy atom. The third-order valence-electron chi connectivity index (χ3n) is 0.591. The molecule has 40 valence electrons. The lowest BCUT2D eigenvalue weighted by atomic mass is 10.7. The van der Waals surface area contributed by atoms with Crippen molar-refractivity contribution in [2.24, 2.45) is 0 Å². The Labute approximate surface area is 51.9 Å². The SMILES string of the molecule is CN(C#N)CCBr. The maximum absolute atomic E-state index is 8.12. The highest BCUT2D eigenvalue weighted by Gasteiger charge is 1.85. The molecule has 0 heterocycles. The number of alkyl halides is 1. The van der Waals surface area contributed by atoms with Crippen LogP contribution in [0.3, 0.4) is 0 Å². The molecule has 0 aliphatic rings. The lowest BCUT2D eigenvalue weighted by Crippen LogP contribution is -2.12. The van der Waals surface area contributed by atoms with Gasteiger partial charge in [-0.2, -0.15) is 5.26 Å². The molecule has 0 aromatic heterocycles. The minimum Gasteiger partial charge on any atom is -0.313 e. The average Bonchev–Trinajstić information content (AvgIpc) is 1.68. The first-order valence-corrected chi connectivity index (χ1v) is 3.10. The number of hydrogen-bond donors (Lipinski definition) is 0. The normalized spacial score (nSPS) is 7.57. The van der Waals surface area contributed by atoms with Gasteiger partial charge in [0.2, 0.25) is 0 Å². The van der Waals surface area contributed by atoms with E-state index in [9.17, 15) is 0 Å². The Morgan fingerprint density at radius 2 is 2.43 bits per heavy atom. The smallest absolute Gasteiger partial charge is 0.179 e. The van der Waals surface area contributed by atoms with Gasteiger partial charge in [-0.15, -0.1) is 0 Å². The van der Waals surface area contributed by atoms with Gasteiger partial charge in [0.15, 0.2) is 6.19 Å². The zero-order valence-electron chi connectivity index (χ0n) is 4.19. The third-order valence-corrected chi connectivity index (χ3v) is 0.945. The summed E-state index contributed by atoms with van der Waals surface area (Å²) < 4.78 is 0. The van der Waals surface area contributed by atoms with Crippen molar-refractivity contribution in [3.8, 4) is 6.19 Å². The van der Waals surface area contributed by atoms with E-state index in [1.54, 1.807) is 11.9 Å². The largest absolute Gasteiger partial charge is 0.313 e. The van der Waals surface area contributed by atoms with Crippen molar-refractivity contribution in [1.29, 1.82) is 5.26 Å². The zero-order valence-corrected chi connectivity index (χ0v) is 5.77. The molecule has 0 fully saturated rings. The maximum atomic E-state index is 8.12. The predicted molar refractivity (Wildman–Crippen MR) is 32.0 cm³/mol. The van der Waals surface area contributed by atoms with Gasteiger partial charge >= 0.3 is 0 Å². The van der Waals surface area contributed by atoms with E-state index >= 15 is 0 Å². The van der Waals surface area contributed by atoms with Gasteiger partial charge in [-0.05, 0) is 0 Å². The summed E-state index contributed by atoms with van der Waals surface area (Å²) in [5.41, 5.74) is 0. The van der Waals surface area contributed by atoms with Gasteiger partial charge in [0, 0.05) is 18.9 Å². The van der Waals surface area contributed by atoms with Crippen LogP contribution in [0.2, 0.25) is 0 Å². The van der Waals surface area contributed by atoms with E-state index in [4.69, 9.17) is 5.26 Å². The van der Waals surface area contributed by atoms with Crippen LogP contribution in [0.4, 0.5) is 0 Å². The lowest BCUT2D eigenvalue weighted by Gasteiger charge is -2.02. The summed E-state index contributed by atoms with van der Waals surface area (Å²) in [6.45, 7) is 0.788. The highest BCUT2D eigenvalue weighted by molar-refractivity contribution is 9.09. The quantitative estimate of drug-likeness (QED) is 0.342. The van der Waals surface area contributed by atoms with Crippen molar-refractivity contribution in [3.05, 3.63) is 0 Å². The standard InChI is InChI=1S/C4H7BrN2/c1-7(4-6)3-2-5/h2-3H2,1H3. The van der Waals surface area contributed by atoms with Crippen molar-refractivity contribution in [3.63, 3.8) is 0 Å². The molecule has 0 N–H and O–H groups in total. The Bertz CT molecular complexity index is 76.2. The predicted octanol–water partition coefficient (Wildman–Crippen LogP) is 0.794. The van der Waals surface area contributed by atoms with E-state index in [1.165, 1.54) is 0 Å². The molecular formula is C4H7BrN2. The fourth-order valence-corrected chi connectivity index (χ4v) is 0.709. The molecule has 3 heteroatoms. The van der Waals surface area contributed by atoms with E-state index in [1.807, 2.05) is 6.19 Å². The van der Waals surface area contributed by atoms with Crippen LogP contribution in [0.15, 0.2) is 0 Å². The van der Waals surface area contributed by atoms with Gasteiger partial charge in [0.25, 0.3) is 0 Å². The van der Waals surface area contributed by atoms with Gasteiger partial charge in [0.05, 0.1) is 0 Å². The summed E-state index contributed by atoms with van der Waals surface area (Å²) >= 11 is 3.20. The molecule has 0 spiro atoms. The van der Waals surface area contributed by atoms with Crippen molar-refractivity contribution in [2.45, 2.75) is 0 Å². The summed E-state index contributed by atoms with van der Waals surface area (Å²) in [5.74, 6) is 0. The third kappa shape index (κ3) is 3.60.